The van der Waals surface area contributed by atoms with E-state index in [0.717, 1.165) is 6.26 Å². The molecule has 0 fully saturated rings. The summed E-state index contributed by atoms with van der Waals surface area (Å²) in [7, 11) is -4.65. The van der Waals surface area contributed by atoms with Gasteiger partial charge >= 0.3 is 0 Å². The van der Waals surface area contributed by atoms with Crippen LogP contribution in [-0.2, 0) is 9.84 Å². The van der Waals surface area contributed by atoms with Crippen molar-refractivity contribution in [3.63, 3.8) is 0 Å². The quantitative estimate of drug-likeness (QED) is 0.480. The second-order valence-corrected chi connectivity index (χ2v) is 11.8. The third kappa shape index (κ3) is 4.25. The standard InChI is InChI=1S/C12H17NO2SSi/c1-16(14,15)11-6-5-10(12(13)9-11)7-8-17(2,3)4/h5-6,9H,13H2,1-4H3. The van der Waals surface area contributed by atoms with Gasteiger partial charge in [0.2, 0.25) is 0 Å². The fourth-order valence-electron chi connectivity index (χ4n) is 1.14. The molecule has 1 rings (SSSR count). The van der Waals surface area contributed by atoms with Gasteiger partial charge in [-0.3, -0.25) is 0 Å². The maximum Gasteiger partial charge on any atom is 0.175 e. The van der Waals surface area contributed by atoms with Crippen LogP contribution in [0.1, 0.15) is 5.56 Å². The lowest BCUT2D eigenvalue weighted by Gasteiger charge is -2.05. The molecule has 1 aromatic carbocycles. The van der Waals surface area contributed by atoms with E-state index in [1.807, 2.05) is 0 Å². The van der Waals surface area contributed by atoms with Crippen LogP contribution < -0.4 is 5.73 Å². The number of sulfone groups is 1. The van der Waals surface area contributed by atoms with E-state index in [0.29, 0.717) is 11.3 Å². The van der Waals surface area contributed by atoms with E-state index >= 15 is 0 Å². The first-order valence-corrected chi connectivity index (χ1v) is 10.6. The highest BCUT2D eigenvalue weighted by Gasteiger charge is 2.10. The molecule has 0 spiro atoms. The second kappa shape index (κ2) is 4.55. The summed E-state index contributed by atoms with van der Waals surface area (Å²) in [6, 6.07) is 4.67. The van der Waals surface area contributed by atoms with Crippen LogP contribution in [0, 0.1) is 11.5 Å². The van der Waals surface area contributed by atoms with Gasteiger partial charge in [0.05, 0.1) is 4.90 Å². The molecule has 5 heteroatoms. The summed E-state index contributed by atoms with van der Waals surface area (Å²) in [5.41, 5.74) is 10.1. The Kier molecular flexibility index (Phi) is 3.70. The van der Waals surface area contributed by atoms with Gasteiger partial charge in [-0.05, 0) is 18.2 Å². The van der Waals surface area contributed by atoms with Crippen LogP contribution in [0.4, 0.5) is 5.69 Å². The van der Waals surface area contributed by atoms with E-state index in [9.17, 15) is 8.42 Å². The molecule has 0 saturated heterocycles. The number of nitrogens with two attached hydrogens (primary N) is 1. The van der Waals surface area contributed by atoms with Gasteiger partial charge in [0.25, 0.3) is 0 Å². The van der Waals surface area contributed by atoms with Crippen LogP contribution in [0.15, 0.2) is 23.1 Å². The zero-order valence-electron chi connectivity index (χ0n) is 10.5. The van der Waals surface area contributed by atoms with Crippen molar-refractivity contribution in [1.82, 2.24) is 0 Å². The van der Waals surface area contributed by atoms with Crippen LogP contribution in [-0.4, -0.2) is 22.7 Å². The molecule has 0 bridgehead atoms. The van der Waals surface area contributed by atoms with Gasteiger partial charge in [0.1, 0.15) is 8.07 Å². The van der Waals surface area contributed by atoms with E-state index in [1.54, 1.807) is 12.1 Å². The molecule has 0 saturated carbocycles. The van der Waals surface area contributed by atoms with Crippen molar-refractivity contribution < 1.29 is 8.42 Å². The highest BCUT2D eigenvalue weighted by molar-refractivity contribution is 7.90. The molecule has 0 aliphatic rings. The molecular formula is C12H17NO2SSi. The SMILES string of the molecule is C[Si](C)(C)C#Cc1ccc(S(C)(=O)=O)cc1N. The average Bonchev–Trinajstić information content (AvgIpc) is 2.12. The Balaban J connectivity index is 3.19. The topological polar surface area (TPSA) is 60.2 Å². The Morgan fingerprint density at radius 1 is 1.24 bits per heavy atom. The summed E-state index contributed by atoms with van der Waals surface area (Å²) < 4.78 is 22.7. The Morgan fingerprint density at radius 2 is 1.82 bits per heavy atom. The maximum absolute atomic E-state index is 11.3. The number of nitrogen functional groups attached to an aromatic ring is 1. The number of benzene rings is 1. The molecule has 92 valence electrons. The van der Waals surface area contributed by atoms with Crippen molar-refractivity contribution in [3.05, 3.63) is 23.8 Å². The molecule has 0 atom stereocenters. The third-order valence-corrected chi connectivity index (χ3v) is 4.01. The molecule has 0 unspecified atom stereocenters. The van der Waals surface area contributed by atoms with Gasteiger partial charge < -0.3 is 5.73 Å². The Labute approximate surface area is 104 Å². The predicted octanol–water partition coefficient (Wildman–Crippen LogP) is 1.90. The van der Waals surface area contributed by atoms with Crippen molar-refractivity contribution in [2.45, 2.75) is 24.5 Å². The summed E-state index contributed by atoms with van der Waals surface area (Å²) in [5, 5.41) is 0. The normalized spacial score (nSPS) is 11.8. The fraction of sp³-hybridized carbons (Fsp3) is 0.333. The van der Waals surface area contributed by atoms with E-state index in [2.05, 4.69) is 31.1 Å². The zero-order valence-corrected chi connectivity index (χ0v) is 12.4. The number of rotatable bonds is 1. The van der Waals surface area contributed by atoms with E-state index in [-0.39, 0.29) is 4.90 Å². The van der Waals surface area contributed by atoms with Crippen molar-refractivity contribution in [1.29, 1.82) is 0 Å². The minimum absolute atomic E-state index is 0.230. The van der Waals surface area contributed by atoms with Crippen molar-refractivity contribution in [3.8, 4) is 11.5 Å². The smallest absolute Gasteiger partial charge is 0.175 e. The highest BCUT2D eigenvalue weighted by Crippen LogP contribution is 2.17. The highest BCUT2D eigenvalue weighted by atomic mass is 32.2. The number of hydrogen-bond donors (Lipinski definition) is 1. The lowest BCUT2D eigenvalue weighted by molar-refractivity contribution is 0.602. The summed E-state index contributed by atoms with van der Waals surface area (Å²) in [6.45, 7) is 6.42. The molecule has 1 aromatic rings. The third-order valence-electron chi connectivity index (χ3n) is 2.02. The Bertz CT molecular complexity index is 589. The monoisotopic (exact) mass is 267 g/mol. The van der Waals surface area contributed by atoms with Crippen LogP contribution in [0.3, 0.4) is 0 Å². The molecule has 3 nitrogen and oxygen atoms in total. The van der Waals surface area contributed by atoms with E-state index in [4.69, 9.17) is 5.73 Å². The van der Waals surface area contributed by atoms with Crippen LogP contribution in [0.5, 0.6) is 0 Å². The molecule has 17 heavy (non-hydrogen) atoms. The van der Waals surface area contributed by atoms with Gasteiger partial charge in [-0.15, -0.1) is 5.54 Å². The summed E-state index contributed by atoms with van der Waals surface area (Å²) >= 11 is 0. The predicted molar refractivity (Wildman–Crippen MR) is 74.2 cm³/mol. The molecule has 2 N–H and O–H groups in total. The lowest BCUT2D eigenvalue weighted by atomic mass is 10.2. The zero-order chi connectivity index (χ0) is 13.3. The summed E-state index contributed by atoms with van der Waals surface area (Å²) in [6.07, 6.45) is 1.16. The van der Waals surface area contributed by atoms with Gasteiger partial charge in [0.15, 0.2) is 9.84 Å². The summed E-state index contributed by atoms with van der Waals surface area (Å²) in [4.78, 5) is 0.230. The van der Waals surface area contributed by atoms with Gasteiger partial charge in [0, 0.05) is 17.5 Å². The molecule has 0 amide bonds. The molecule has 0 aliphatic carbocycles. The van der Waals surface area contributed by atoms with E-state index < -0.39 is 17.9 Å². The van der Waals surface area contributed by atoms with Crippen molar-refractivity contribution >= 4 is 23.6 Å². The minimum Gasteiger partial charge on any atom is -0.398 e. The number of hydrogen-bond acceptors (Lipinski definition) is 3. The first-order chi connectivity index (χ1) is 7.59. The first-order valence-electron chi connectivity index (χ1n) is 5.22. The van der Waals surface area contributed by atoms with Crippen LogP contribution >= 0.6 is 0 Å². The first kappa shape index (κ1) is 13.8. The van der Waals surface area contributed by atoms with Crippen molar-refractivity contribution in [2.24, 2.45) is 0 Å². The maximum atomic E-state index is 11.3. The fourth-order valence-corrected chi connectivity index (χ4v) is 2.31. The van der Waals surface area contributed by atoms with Gasteiger partial charge in [-0.1, -0.05) is 25.6 Å². The second-order valence-electron chi connectivity index (χ2n) is 5.02. The molecule has 0 radical (unpaired) electrons. The minimum atomic E-state index is -3.20. The molecule has 0 heterocycles. The largest absolute Gasteiger partial charge is 0.398 e. The number of anilines is 1. The van der Waals surface area contributed by atoms with Gasteiger partial charge in [-0.25, -0.2) is 8.42 Å². The Hall–Kier alpha value is -1.25. The van der Waals surface area contributed by atoms with Gasteiger partial charge in [-0.2, -0.15) is 0 Å². The van der Waals surface area contributed by atoms with Crippen LogP contribution in [0.2, 0.25) is 19.6 Å². The summed E-state index contributed by atoms with van der Waals surface area (Å²) in [5.74, 6) is 3.02. The van der Waals surface area contributed by atoms with E-state index in [1.165, 1.54) is 6.07 Å². The molecule has 0 aliphatic heterocycles. The Morgan fingerprint density at radius 3 is 2.24 bits per heavy atom. The van der Waals surface area contributed by atoms with Crippen LogP contribution in [0.25, 0.3) is 0 Å². The average molecular weight is 267 g/mol. The molecule has 0 aromatic heterocycles. The lowest BCUT2D eigenvalue weighted by Crippen LogP contribution is -2.16. The molecular weight excluding hydrogens is 250 g/mol. The van der Waals surface area contributed by atoms with Crippen molar-refractivity contribution in [2.75, 3.05) is 12.0 Å².